The zero-order valence-electron chi connectivity index (χ0n) is 9.61. The van der Waals surface area contributed by atoms with Crippen molar-refractivity contribution in [1.82, 2.24) is 19.5 Å². The number of hydrogen-bond acceptors (Lipinski definition) is 3. The molecular formula is C14H10N4. The zero-order chi connectivity index (χ0) is 12.4. The smallest absolute Gasteiger partial charge is 0.164 e. The molecule has 0 saturated carbocycles. The molecule has 3 aromatic rings. The fourth-order valence-electron chi connectivity index (χ4n) is 1.88. The molecule has 86 valence electrons. The summed E-state index contributed by atoms with van der Waals surface area (Å²) in [5, 5.41) is 0. The second kappa shape index (κ2) is 4.30. The molecule has 0 N–H and O–H groups in total. The number of nitrogens with zero attached hydrogens (tertiary/aromatic N) is 4. The molecule has 0 saturated heterocycles. The van der Waals surface area contributed by atoms with E-state index in [1.165, 1.54) is 11.9 Å². The molecule has 2 aromatic heterocycles. The number of rotatable bonds is 2. The predicted molar refractivity (Wildman–Crippen MR) is 68.8 cm³/mol. The minimum atomic E-state index is 0.534. The maximum absolute atomic E-state index is 5.39. The molecule has 1 aromatic carbocycles. The second-order valence-electron chi connectivity index (χ2n) is 3.90. The molecular weight excluding hydrogens is 224 g/mol. The van der Waals surface area contributed by atoms with E-state index in [1.807, 2.05) is 22.8 Å². The van der Waals surface area contributed by atoms with E-state index < -0.39 is 0 Å². The molecule has 2 heterocycles. The van der Waals surface area contributed by atoms with E-state index in [0.29, 0.717) is 11.2 Å². The Morgan fingerprint density at radius 2 is 1.94 bits per heavy atom. The highest BCUT2D eigenvalue weighted by Gasteiger charge is 2.08. The van der Waals surface area contributed by atoms with Crippen LogP contribution in [0.4, 0.5) is 0 Å². The molecule has 0 atom stereocenters. The Bertz CT molecular complexity index is 722. The Hall–Kier alpha value is -2.67. The van der Waals surface area contributed by atoms with Gasteiger partial charge in [0.2, 0.25) is 0 Å². The largest absolute Gasteiger partial charge is 0.311 e. The first-order valence-electron chi connectivity index (χ1n) is 5.55. The van der Waals surface area contributed by atoms with Crippen LogP contribution in [0.5, 0.6) is 0 Å². The van der Waals surface area contributed by atoms with Crippen LogP contribution in [0.1, 0.15) is 11.3 Å². The van der Waals surface area contributed by atoms with Crippen molar-refractivity contribution in [2.75, 3.05) is 0 Å². The molecule has 18 heavy (non-hydrogen) atoms. The van der Waals surface area contributed by atoms with Crippen molar-refractivity contribution in [2.24, 2.45) is 0 Å². The number of hydrogen-bond donors (Lipinski definition) is 0. The summed E-state index contributed by atoms with van der Waals surface area (Å²) >= 11 is 0. The van der Waals surface area contributed by atoms with E-state index in [0.717, 1.165) is 12.2 Å². The number of benzene rings is 1. The summed E-state index contributed by atoms with van der Waals surface area (Å²) in [7, 11) is 0. The van der Waals surface area contributed by atoms with E-state index >= 15 is 0 Å². The minimum Gasteiger partial charge on any atom is -0.311 e. The van der Waals surface area contributed by atoms with Crippen molar-refractivity contribution in [1.29, 1.82) is 0 Å². The van der Waals surface area contributed by atoms with Crippen LogP contribution in [0.15, 0.2) is 43.0 Å². The monoisotopic (exact) mass is 234 g/mol. The van der Waals surface area contributed by atoms with Crippen LogP contribution in [0.25, 0.3) is 11.2 Å². The minimum absolute atomic E-state index is 0.534. The Balaban J connectivity index is 2.07. The average molecular weight is 234 g/mol. The van der Waals surface area contributed by atoms with Gasteiger partial charge in [-0.05, 0) is 11.5 Å². The summed E-state index contributed by atoms with van der Waals surface area (Å²) in [6, 6.07) is 10.1. The molecule has 0 amide bonds. The van der Waals surface area contributed by atoms with Gasteiger partial charge >= 0.3 is 0 Å². The SMILES string of the molecule is C#Cc1ncnc2c1ncn2Cc1ccccc1. The highest BCUT2D eigenvalue weighted by Crippen LogP contribution is 2.13. The zero-order valence-corrected chi connectivity index (χ0v) is 9.61. The number of terminal acetylenes is 1. The summed E-state index contributed by atoms with van der Waals surface area (Å²) in [5.41, 5.74) is 3.17. The standard InChI is InChI=1S/C14H10N4/c1-2-12-13-14(16-9-15-12)18(10-17-13)8-11-6-4-3-5-7-11/h1,3-7,9-10H,8H2. The third kappa shape index (κ3) is 1.72. The van der Waals surface area contributed by atoms with Crippen LogP contribution < -0.4 is 0 Å². The van der Waals surface area contributed by atoms with Gasteiger partial charge in [0.25, 0.3) is 0 Å². The molecule has 0 unspecified atom stereocenters. The highest BCUT2D eigenvalue weighted by atomic mass is 15.1. The van der Waals surface area contributed by atoms with Crippen LogP contribution in [0.3, 0.4) is 0 Å². The first kappa shape index (κ1) is 10.5. The number of fused-ring (bicyclic) bond motifs is 1. The average Bonchev–Trinajstić information content (AvgIpc) is 2.83. The highest BCUT2D eigenvalue weighted by molar-refractivity contribution is 5.76. The van der Waals surface area contributed by atoms with Gasteiger partial charge in [-0.25, -0.2) is 15.0 Å². The van der Waals surface area contributed by atoms with Crippen LogP contribution in [-0.2, 0) is 6.54 Å². The van der Waals surface area contributed by atoms with Crippen molar-refractivity contribution in [3.8, 4) is 12.3 Å². The first-order chi connectivity index (χ1) is 8.88. The molecule has 0 aliphatic heterocycles. The maximum Gasteiger partial charge on any atom is 0.164 e. The van der Waals surface area contributed by atoms with Gasteiger partial charge in [-0.3, -0.25) is 0 Å². The lowest BCUT2D eigenvalue weighted by atomic mass is 10.2. The Morgan fingerprint density at radius 1 is 1.11 bits per heavy atom. The van der Waals surface area contributed by atoms with Crippen molar-refractivity contribution in [3.63, 3.8) is 0 Å². The van der Waals surface area contributed by atoms with Gasteiger partial charge in [0.05, 0.1) is 12.9 Å². The second-order valence-corrected chi connectivity index (χ2v) is 3.90. The van der Waals surface area contributed by atoms with Gasteiger partial charge in [0.15, 0.2) is 5.65 Å². The molecule has 3 rings (SSSR count). The molecule has 4 nitrogen and oxygen atoms in total. The molecule has 0 aliphatic carbocycles. The third-order valence-electron chi connectivity index (χ3n) is 2.73. The maximum atomic E-state index is 5.39. The molecule has 0 radical (unpaired) electrons. The van der Waals surface area contributed by atoms with E-state index in [1.54, 1.807) is 6.33 Å². The lowest BCUT2D eigenvalue weighted by molar-refractivity contribution is 0.813. The van der Waals surface area contributed by atoms with Gasteiger partial charge in [-0.15, -0.1) is 6.42 Å². The van der Waals surface area contributed by atoms with Gasteiger partial charge in [-0.2, -0.15) is 0 Å². The van der Waals surface area contributed by atoms with Crippen LogP contribution in [-0.4, -0.2) is 19.5 Å². The molecule has 0 aliphatic rings. The Morgan fingerprint density at radius 3 is 2.72 bits per heavy atom. The third-order valence-corrected chi connectivity index (χ3v) is 2.73. The summed E-state index contributed by atoms with van der Waals surface area (Å²) in [4.78, 5) is 12.5. The van der Waals surface area contributed by atoms with Crippen molar-refractivity contribution in [2.45, 2.75) is 6.54 Å². The van der Waals surface area contributed by atoms with E-state index in [-0.39, 0.29) is 0 Å². The van der Waals surface area contributed by atoms with Crippen LogP contribution in [0, 0.1) is 12.3 Å². The van der Waals surface area contributed by atoms with Gasteiger partial charge in [0, 0.05) is 0 Å². The van der Waals surface area contributed by atoms with Gasteiger partial charge in [0.1, 0.15) is 17.5 Å². The Labute approximate surface area is 104 Å². The molecule has 0 fully saturated rings. The quantitative estimate of drug-likeness (QED) is 0.636. The van der Waals surface area contributed by atoms with Crippen LogP contribution in [0.2, 0.25) is 0 Å². The fraction of sp³-hybridized carbons (Fsp3) is 0.0714. The van der Waals surface area contributed by atoms with Gasteiger partial charge < -0.3 is 4.57 Å². The summed E-state index contributed by atoms with van der Waals surface area (Å²) in [6.07, 6.45) is 8.60. The normalized spacial score (nSPS) is 10.4. The molecule has 0 bridgehead atoms. The lowest BCUT2D eigenvalue weighted by Crippen LogP contribution is -1.99. The number of imidazole rings is 1. The topological polar surface area (TPSA) is 43.6 Å². The summed E-state index contributed by atoms with van der Waals surface area (Å²) < 4.78 is 1.97. The van der Waals surface area contributed by atoms with Crippen molar-refractivity contribution in [3.05, 3.63) is 54.2 Å². The van der Waals surface area contributed by atoms with Crippen molar-refractivity contribution < 1.29 is 0 Å². The lowest BCUT2D eigenvalue weighted by Gasteiger charge is -2.03. The Kier molecular flexibility index (Phi) is 2.50. The predicted octanol–water partition coefficient (Wildman–Crippen LogP) is 1.86. The number of aromatic nitrogens is 4. The fourth-order valence-corrected chi connectivity index (χ4v) is 1.88. The van der Waals surface area contributed by atoms with E-state index in [4.69, 9.17) is 6.42 Å². The van der Waals surface area contributed by atoms with E-state index in [2.05, 4.69) is 33.0 Å². The van der Waals surface area contributed by atoms with Gasteiger partial charge in [-0.1, -0.05) is 30.3 Å². The molecule has 4 heteroatoms. The first-order valence-corrected chi connectivity index (χ1v) is 5.55. The summed E-state index contributed by atoms with van der Waals surface area (Å²) in [5.74, 6) is 2.52. The van der Waals surface area contributed by atoms with E-state index in [9.17, 15) is 0 Å². The van der Waals surface area contributed by atoms with Crippen molar-refractivity contribution >= 4 is 11.2 Å². The molecule has 0 spiro atoms. The van der Waals surface area contributed by atoms with Crippen LogP contribution >= 0.6 is 0 Å². The summed E-state index contributed by atoms with van der Waals surface area (Å²) in [6.45, 7) is 0.721.